The molecule has 0 saturated carbocycles. The number of nitrogens with one attached hydrogen (secondary N) is 1. The summed E-state index contributed by atoms with van der Waals surface area (Å²) in [6.45, 7) is -0.397. The summed E-state index contributed by atoms with van der Waals surface area (Å²) >= 11 is 0. The largest absolute Gasteiger partial charge is 0.508 e. The van der Waals surface area contributed by atoms with Crippen LogP contribution in [0.3, 0.4) is 0 Å². The average molecular weight is 377 g/mol. The highest BCUT2D eigenvalue weighted by Crippen LogP contribution is 2.30. The van der Waals surface area contributed by atoms with Gasteiger partial charge in [0.2, 0.25) is 10.0 Å². The van der Waals surface area contributed by atoms with Crippen LogP contribution in [-0.2, 0) is 21.2 Å². The molecule has 1 aliphatic rings. The molecule has 0 spiro atoms. The number of ether oxygens (including phenoxy) is 2. The van der Waals surface area contributed by atoms with Crippen LogP contribution < -0.4 is 9.46 Å². The third-order valence-electron chi connectivity index (χ3n) is 3.74. The van der Waals surface area contributed by atoms with Gasteiger partial charge in [-0.05, 0) is 30.3 Å². The van der Waals surface area contributed by atoms with Gasteiger partial charge in [-0.15, -0.1) is 0 Å². The van der Waals surface area contributed by atoms with E-state index in [1.807, 2.05) is 0 Å². The second-order valence-electron chi connectivity index (χ2n) is 5.52. The maximum Gasteiger partial charge on any atom is 0.508 e. The molecule has 0 radical (unpaired) electrons. The van der Waals surface area contributed by atoms with Crippen molar-refractivity contribution in [3.63, 3.8) is 0 Å². The molecule has 3 rings (SSSR count). The smallest absolute Gasteiger partial charge is 0.454 e. The van der Waals surface area contributed by atoms with Crippen LogP contribution in [0.1, 0.15) is 15.9 Å². The molecule has 0 saturated heterocycles. The molecule has 2 N–H and O–H groups in total. The molecule has 0 fully saturated rings. The van der Waals surface area contributed by atoms with Gasteiger partial charge in [-0.2, -0.15) is 0 Å². The molecule has 26 heavy (non-hydrogen) atoms. The van der Waals surface area contributed by atoms with Gasteiger partial charge in [0.05, 0.1) is 17.9 Å². The second-order valence-corrected chi connectivity index (χ2v) is 7.29. The number of Topliss-reactive ketones (excluding diaryl/α,β-unsaturated/α-hetero) is 1. The molecule has 1 atom stereocenters. The molecule has 1 aliphatic heterocycles. The van der Waals surface area contributed by atoms with Gasteiger partial charge < -0.3 is 14.6 Å². The normalized spacial score (nSPS) is 15.8. The Morgan fingerprint density at radius 1 is 1.19 bits per heavy atom. The van der Waals surface area contributed by atoms with Crippen LogP contribution in [-0.4, -0.2) is 38.3 Å². The summed E-state index contributed by atoms with van der Waals surface area (Å²) in [6.07, 6.45) is -2.22. The van der Waals surface area contributed by atoms with Crippen molar-refractivity contribution in [3.8, 4) is 5.75 Å². The van der Waals surface area contributed by atoms with Crippen molar-refractivity contribution in [2.75, 3.05) is 6.54 Å². The first-order valence-electron chi connectivity index (χ1n) is 7.62. The molecule has 9 heteroatoms. The second kappa shape index (κ2) is 7.14. The maximum absolute atomic E-state index is 12.3. The first-order valence-corrected chi connectivity index (χ1v) is 9.10. The summed E-state index contributed by atoms with van der Waals surface area (Å²) in [5, 5.41) is 8.61. The first-order chi connectivity index (χ1) is 12.3. The van der Waals surface area contributed by atoms with Gasteiger partial charge >= 0.3 is 6.16 Å². The SMILES string of the molecule is O=C(O)OC1Cc2cc(C(=O)CNS(=O)(=O)c3ccccc3)ccc2O1. The van der Waals surface area contributed by atoms with Gasteiger partial charge in [-0.25, -0.2) is 17.9 Å². The van der Waals surface area contributed by atoms with Crippen molar-refractivity contribution >= 4 is 22.0 Å². The van der Waals surface area contributed by atoms with Crippen molar-refractivity contribution in [1.82, 2.24) is 4.72 Å². The number of carbonyl (C=O) groups excluding carboxylic acids is 1. The Morgan fingerprint density at radius 3 is 2.62 bits per heavy atom. The van der Waals surface area contributed by atoms with Crippen molar-refractivity contribution in [2.24, 2.45) is 0 Å². The van der Waals surface area contributed by atoms with E-state index in [-0.39, 0.29) is 11.3 Å². The zero-order valence-corrected chi connectivity index (χ0v) is 14.2. The Morgan fingerprint density at radius 2 is 1.92 bits per heavy atom. The standard InChI is InChI=1S/C17H15NO7S/c19-14(10-18-26(22,23)13-4-2-1-3-5-13)11-6-7-15-12(8-11)9-16(24-15)25-17(20)21/h1-8,16,18H,9-10H2,(H,20,21). The van der Waals surface area contributed by atoms with Gasteiger partial charge in [0, 0.05) is 11.1 Å². The third-order valence-corrected chi connectivity index (χ3v) is 5.15. The Labute approximate surface area is 149 Å². The highest BCUT2D eigenvalue weighted by atomic mass is 32.2. The molecule has 2 aromatic rings. The molecule has 0 aromatic heterocycles. The average Bonchev–Trinajstić information content (AvgIpc) is 3.01. The van der Waals surface area contributed by atoms with Crippen molar-refractivity contribution in [2.45, 2.75) is 17.6 Å². The molecule has 2 aromatic carbocycles. The van der Waals surface area contributed by atoms with Crippen LogP contribution in [0.2, 0.25) is 0 Å². The number of benzene rings is 2. The van der Waals surface area contributed by atoms with E-state index in [2.05, 4.69) is 9.46 Å². The summed E-state index contributed by atoms with van der Waals surface area (Å²) in [5.41, 5.74) is 0.909. The fourth-order valence-electron chi connectivity index (χ4n) is 2.51. The fourth-order valence-corrected chi connectivity index (χ4v) is 3.52. The highest BCUT2D eigenvalue weighted by Gasteiger charge is 2.27. The van der Waals surface area contributed by atoms with Crippen molar-refractivity contribution < 1.29 is 32.6 Å². The van der Waals surface area contributed by atoms with E-state index in [0.29, 0.717) is 16.9 Å². The van der Waals surface area contributed by atoms with E-state index >= 15 is 0 Å². The number of sulfonamides is 1. The zero-order valence-electron chi connectivity index (χ0n) is 13.4. The van der Waals surface area contributed by atoms with Crippen LogP contribution in [0.4, 0.5) is 4.79 Å². The summed E-state index contributed by atoms with van der Waals surface area (Å²) in [7, 11) is -3.78. The molecule has 0 aliphatic carbocycles. The summed E-state index contributed by atoms with van der Waals surface area (Å²) in [5.74, 6) is 0.00701. The molecule has 0 amide bonds. The Bertz CT molecular complexity index is 941. The lowest BCUT2D eigenvalue weighted by Crippen LogP contribution is -2.29. The van der Waals surface area contributed by atoms with Crippen LogP contribution in [0.25, 0.3) is 0 Å². The van der Waals surface area contributed by atoms with E-state index in [1.54, 1.807) is 24.3 Å². The minimum absolute atomic E-state index is 0.0730. The number of hydrogen-bond donors (Lipinski definition) is 2. The van der Waals surface area contributed by atoms with E-state index in [9.17, 15) is 18.0 Å². The molecule has 1 unspecified atom stereocenters. The molecule has 8 nitrogen and oxygen atoms in total. The minimum Gasteiger partial charge on any atom is -0.454 e. The van der Waals surface area contributed by atoms with Crippen LogP contribution in [0.5, 0.6) is 5.75 Å². The van der Waals surface area contributed by atoms with Gasteiger partial charge in [0.25, 0.3) is 6.29 Å². The van der Waals surface area contributed by atoms with Crippen molar-refractivity contribution in [1.29, 1.82) is 0 Å². The molecule has 1 heterocycles. The quantitative estimate of drug-likeness (QED) is 0.582. The number of carbonyl (C=O) groups is 2. The zero-order chi connectivity index (χ0) is 18.7. The number of rotatable bonds is 6. The van der Waals surface area contributed by atoms with Crippen LogP contribution in [0.15, 0.2) is 53.4 Å². The minimum atomic E-state index is -3.78. The Balaban J connectivity index is 1.66. The lowest BCUT2D eigenvalue weighted by molar-refractivity contribution is -0.0394. The summed E-state index contributed by atoms with van der Waals surface area (Å²) in [6, 6.07) is 12.3. The lowest BCUT2D eigenvalue weighted by Gasteiger charge is -2.08. The molecule has 0 bridgehead atoms. The van der Waals surface area contributed by atoms with E-state index < -0.39 is 34.8 Å². The van der Waals surface area contributed by atoms with Crippen molar-refractivity contribution in [3.05, 3.63) is 59.7 Å². The number of ketones is 1. The summed E-state index contributed by atoms with van der Waals surface area (Å²) in [4.78, 5) is 22.9. The number of hydrogen-bond acceptors (Lipinski definition) is 6. The third kappa shape index (κ3) is 4.01. The summed E-state index contributed by atoms with van der Waals surface area (Å²) < 4.78 is 36.4. The predicted molar refractivity (Wildman–Crippen MR) is 89.6 cm³/mol. The Hall–Kier alpha value is -2.91. The molecular formula is C17H15NO7S. The van der Waals surface area contributed by atoms with Gasteiger partial charge in [-0.1, -0.05) is 18.2 Å². The predicted octanol–water partition coefficient (Wildman–Crippen LogP) is 1.80. The topological polar surface area (TPSA) is 119 Å². The van der Waals surface area contributed by atoms with Gasteiger partial charge in [0.15, 0.2) is 5.78 Å². The van der Waals surface area contributed by atoms with E-state index in [1.165, 1.54) is 24.3 Å². The molecular weight excluding hydrogens is 362 g/mol. The number of fused-ring (bicyclic) bond motifs is 1. The van der Waals surface area contributed by atoms with Gasteiger partial charge in [0.1, 0.15) is 5.75 Å². The van der Waals surface area contributed by atoms with E-state index in [0.717, 1.165) is 0 Å². The first kappa shape index (κ1) is 17.9. The molecule has 136 valence electrons. The monoisotopic (exact) mass is 377 g/mol. The fraction of sp³-hybridized carbons (Fsp3) is 0.176. The van der Waals surface area contributed by atoms with Crippen LogP contribution >= 0.6 is 0 Å². The van der Waals surface area contributed by atoms with Crippen LogP contribution in [0, 0.1) is 0 Å². The van der Waals surface area contributed by atoms with E-state index in [4.69, 9.17) is 9.84 Å². The number of carboxylic acid groups (broad SMARTS) is 1. The Kier molecular flexibility index (Phi) is 4.92. The lowest BCUT2D eigenvalue weighted by atomic mass is 10.1. The highest BCUT2D eigenvalue weighted by molar-refractivity contribution is 7.89. The van der Waals surface area contributed by atoms with Gasteiger partial charge in [-0.3, -0.25) is 4.79 Å². The maximum atomic E-state index is 12.3.